The fourth-order valence-corrected chi connectivity index (χ4v) is 5.57. The van der Waals surface area contributed by atoms with Gasteiger partial charge < -0.3 is 20.4 Å². The van der Waals surface area contributed by atoms with E-state index < -0.39 is 0 Å². The van der Waals surface area contributed by atoms with Crippen LogP contribution in [0.15, 0.2) is 48.3 Å². The molecule has 2 N–H and O–H groups in total. The molecule has 0 unspecified atom stereocenters. The van der Waals surface area contributed by atoms with Crippen molar-refractivity contribution in [2.45, 2.75) is 39.5 Å². The van der Waals surface area contributed by atoms with E-state index in [1.54, 1.807) is 0 Å². The molecule has 1 aromatic heterocycles. The van der Waals surface area contributed by atoms with Gasteiger partial charge in [-0.25, -0.2) is 4.98 Å². The monoisotopic (exact) mass is 531 g/mol. The number of aromatic nitrogens is 2. The zero-order valence-corrected chi connectivity index (χ0v) is 24.2. The molecule has 3 aliphatic heterocycles. The predicted octanol–water partition coefficient (Wildman–Crippen LogP) is 4.16. The molecular weight excluding hydrogens is 486 g/mol. The summed E-state index contributed by atoms with van der Waals surface area (Å²) in [5.41, 5.74) is 5.04. The number of anilines is 3. The second-order valence-corrected chi connectivity index (χ2v) is 10.9. The van der Waals surface area contributed by atoms with Gasteiger partial charge in [0.25, 0.3) is 0 Å². The molecule has 2 saturated heterocycles. The molecule has 4 heterocycles. The van der Waals surface area contributed by atoms with Gasteiger partial charge >= 0.3 is 0 Å². The Kier molecular flexibility index (Phi) is 10.3. The van der Waals surface area contributed by atoms with Gasteiger partial charge in [-0.3, -0.25) is 9.69 Å². The third kappa shape index (κ3) is 6.93. The zero-order valence-electron chi connectivity index (χ0n) is 24.2. The summed E-state index contributed by atoms with van der Waals surface area (Å²) in [5.74, 6) is 2.50. The van der Waals surface area contributed by atoms with E-state index >= 15 is 0 Å². The number of piperidine rings is 1. The Labute approximate surface area is 234 Å². The summed E-state index contributed by atoms with van der Waals surface area (Å²) in [6, 6.07) is 8.15. The minimum absolute atomic E-state index is 0.591. The molecule has 2 fully saturated rings. The van der Waals surface area contributed by atoms with E-state index in [2.05, 4.69) is 63.0 Å². The molecule has 210 valence electrons. The average molecular weight is 532 g/mol. The Bertz CT molecular complexity index is 1170. The van der Waals surface area contributed by atoms with Crippen LogP contribution in [0.2, 0.25) is 0 Å². The maximum absolute atomic E-state index is 11.8. The minimum Gasteiger partial charge on any atom is -0.339 e. The first-order chi connectivity index (χ1) is 18.9. The normalized spacial score (nSPS) is 18.8. The molecule has 8 nitrogen and oxygen atoms in total. The van der Waals surface area contributed by atoms with Crippen molar-refractivity contribution in [3.05, 3.63) is 59.4 Å². The lowest BCUT2D eigenvalue weighted by Crippen LogP contribution is -2.31. The third-order valence-electron chi connectivity index (χ3n) is 8.08. The molecule has 0 bridgehead atoms. The van der Waals surface area contributed by atoms with E-state index in [9.17, 15) is 4.79 Å². The summed E-state index contributed by atoms with van der Waals surface area (Å²) >= 11 is 0. The van der Waals surface area contributed by atoms with Crippen molar-refractivity contribution >= 4 is 29.3 Å². The molecule has 3 aliphatic rings. The van der Waals surface area contributed by atoms with Crippen molar-refractivity contribution in [3.8, 4) is 0 Å². The number of nitrogens with zero attached hydrogens (tertiary/aromatic N) is 5. The van der Waals surface area contributed by atoms with Crippen LogP contribution in [0, 0.1) is 12.8 Å². The lowest BCUT2D eigenvalue weighted by atomic mass is 9.95. The van der Waals surface area contributed by atoms with E-state index in [-0.39, 0.29) is 0 Å². The molecule has 2 aromatic rings. The van der Waals surface area contributed by atoms with E-state index in [0.717, 1.165) is 79.1 Å². The number of fused-ring (bicyclic) bond motifs is 1. The van der Waals surface area contributed by atoms with Crippen molar-refractivity contribution in [1.29, 1.82) is 0 Å². The summed E-state index contributed by atoms with van der Waals surface area (Å²) in [4.78, 5) is 28.1. The molecule has 0 atom stereocenters. The zero-order chi connectivity index (χ0) is 27.8. The molecule has 5 rings (SSSR count). The SMILES string of the molecule is C=C1C(C=O)=C(C)N(c2ccccc2C)c2nc(N3CCCN(C)CC3)ncc21.CNCCC1CCNCC1. The molecule has 0 radical (unpaired) electrons. The molecule has 8 heteroatoms. The van der Waals surface area contributed by atoms with Gasteiger partial charge in [-0.1, -0.05) is 24.8 Å². The summed E-state index contributed by atoms with van der Waals surface area (Å²) in [6.45, 7) is 15.7. The number of para-hydroxylation sites is 1. The van der Waals surface area contributed by atoms with Crippen LogP contribution in [0.4, 0.5) is 17.5 Å². The maximum atomic E-state index is 11.8. The quantitative estimate of drug-likeness (QED) is 0.539. The van der Waals surface area contributed by atoms with Crippen LogP contribution in [-0.4, -0.2) is 81.1 Å². The number of likely N-dealkylation sites (N-methyl/N-ethyl adjacent to an activating group) is 1. The highest BCUT2D eigenvalue weighted by molar-refractivity contribution is 6.05. The van der Waals surface area contributed by atoms with Gasteiger partial charge in [-0.15, -0.1) is 0 Å². The second-order valence-electron chi connectivity index (χ2n) is 10.9. The smallest absolute Gasteiger partial charge is 0.227 e. The highest BCUT2D eigenvalue weighted by Crippen LogP contribution is 2.43. The molecule has 0 saturated carbocycles. The Morgan fingerprint density at radius 2 is 1.90 bits per heavy atom. The van der Waals surface area contributed by atoms with E-state index in [4.69, 9.17) is 4.98 Å². The molecule has 39 heavy (non-hydrogen) atoms. The molecule has 0 amide bonds. The largest absolute Gasteiger partial charge is 0.339 e. The van der Waals surface area contributed by atoms with Crippen LogP contribution in [0.5, 0.6) is 0 Å². The number of carbonyl (C=O) groups excluding carboxylic acids is 1. The predicted molar refractivity (Wildman–Crippen MR) is 162 cm³/mol. The summed E-state index contributed by atoms with van der Waals surface area (Å²) in [7, 11) is 4.18. The van der Waals surface area contributed by atoms with Gasteiger partial charge in [-0.05, 0) is 103 Å². The van der Waals surface area contributed by atoms with Crippen LogP contribution >= 0.6 is 0 Å². The number of benzene rings is 1. The first kappa shape index (κ1) is 28.9. The number of hydrogen-bond acceptors (Lipinski definition) is 8. The summed E-state index contributed by atoms with van der Waals surface area (Å²) in [6.07, 6.45) is 7.89. The fraction of sp³-hybridized carbons (Fsp3) is 0.516. The molecular formula is C31H45N7O. The van der Waals surface area contributed by atoms with Gasteiger partial charge in [-0.2, -0.15) is 4.98 Å². The van der Waals surface area contributed by atoms with Gasteiger partial charge in [0, 0.05) is 42.7 Å². The highest BCUT2D eigenvalue weighted by Gasteiger charge is 2.30. The highest BCUT2D eigenvalue weighted by atomic mass is 16.1. The number of aryl methyl sites for hydroxylation is 1. The lowest BCUT2D eigenvalue weighted by molar-refractivity contribution is -0.104. The Balaban J connectivity index is 0.000000298. The molecule has 0 spiro atoms. The van der Waals surface area contributed by atoms with Crippen LogP contribution in [0.1, 0.15) is 43.7 Å². The van der Waals surface area contributed by atoms with Gasteiger partial charge in [0.05, 0.1) is 5.69 Å². The summed E-state index contributed by atoms with van der Waals surface area (Å²) < 4.78 is 0. The topological polar surface area (TPSA) is 76.6 Å². The van der Waals surface area contributed by atoms with Crippen LogP contribution in [-0.2, 0) is 4.79 Å². The fourth-order valence-electron chi connectivity index (χ4n) is 5.57. The average Bonchev–Trinajstić information content (AvgIpc) is 3.18. The van der Waals surface area contributed by atoms with Gasteiger partial charge in [0.2, 0.25) is 5.95 Å². The third-order valence-corrected chi connectivity index (χ3v) is 8.08. The first-order valence-corrected chi connectivity index (χ1v) is 14.3. The molecule has 1 aromatic carbocycles. The maximum Gasteiger partial charge on any atom is 0.227 e. The number of hydrogen-bond donors (Lipinski definition) is 2. The Morgan fingerprint density at radius 3 is 2.62 bits per heavy atom. The number of rotatable bonds is 6. The van der Waals surface area contributed by atoms with Crippen molar-refractivity contribution in [3.63, 3.8) is 0 Å². The van der Waals surface area contributed by atoms with Gasteiger partial charge in [0.1, 0.15) is 0 Å². The second kappa shape index (κ2) is 13.8. The lowest BCUT2D eigenvalue weighted by Gasteiger charge is -2.34. The van der Waals surface area contributed by atoms with Crippen molar-refractivity contribution < 1.29 is 4.79 Å². The number of aldehydes is 1. The first-order valence-electron chi connectivity index (χ1n) is 14.3. The van der Waals surface area contributed by atoms with Crippen LogP contribution in [0.25, 0.3) is 5.57 Å². The molecule has 0 aliphatic carbocycles. The number of nitrogens with one attached hydrogen (secondary N) is 2. The van der Waals surface area contributed by atoms with Crippen molar-refractivity contribution in [2.24, 2.45) is 5.92 Å². The van der Waals surface area contributed by atoms with Crippen molar-refractivity contribution in [2.75, 3.05) is 69.7 Å². The Morgan fingerprint density at radius 1 is 1.13 bits per heavy atom. The van der Waals surface area contributed by atoms with Gasteiger partial charge in [0.15, 0.2) is 12.1 Å². The number of allylic oxidation sites excluding steroid dienone is 3. The number of carbonyl (C=O) groups is 1. The summed E-state index contributed by atoms with van der Waals surface area (Å²) in [5, 5.41) is 6.57. The standard InChI is InChI=1S/C23H27N5O.C8H18N2/c1-16-8-5-6-9-21(16)28-18(3)20(15-29)17(2)19-14-24-23(25-22(19)28)27-11-7-10-26(4)12-13-27;1-9-5-2-8-3-6-10-7-4-8/h5-6,8-9,14-15H,2,7,10-13H2,1,3-4H3;8-10H,2-7H2,1H3. The van der Waals surface area contributed by atoms with E-state index in [1.165, 1.54) is 38.9 Å². The van der Waals surface area contributed by atoms with Crippen molar-refractivity contribution in [1.82, 2.24) is 25.5 Å². The van der Waals surface area contributed by atoms with Crippen LogP contribution in [0.3, 0.4) is 0 Å². The minimum atomic E-state index is 0.591. The van der Waals surface area contributed by atoms with E-state index in [1.807, 2.05) is 32.3 Å². The van der Waals surface area contributed by atoms with E-state index in [0.29, 0.717) is 11.1 Å². The Hall–Kier alpha value is -3.07. The van der Waals surface area contributed by atoms with Crippen LogP contribution < -0.4 is 20.4 Å².